The van der Waals surface area contributed by atoms with Crippen molar-refractivity contribution in [3.05, 3.63) is 17.3 Å². The maximum absolute atomic E-state index is 9.96. The first-order valence-corrected chi connectivity index (χ1v) is 7.98. The van der Waals surface area contributed by atoms with E-state index in [1.165, 1.54) is 0 Å². The van der Waals surface area contributed by atoms with Gasteiger partial charge in [-0.1, -0.05) is 0 Å². The highest BCUT2D eigenvalue weighted by Crippen LogP contribution is 2.38. The predicted molar refractivity (Wildman–Crippen MR) is 79.3 cm³/mol. The van der Waals surface area contributed by atoms with Crippen LogP contribution in [0.4, 0.5) is 5.82 Å². The molecule has 20 heavy (non-hydrogen) atoms. The SMILES string of the molecule is Nc1nc(CN2CC3CCC(O)C3C2)nc2sccc12. The molecule has 6 heteroatoms. The van der Waals surface area contributed by atoms with Gasteiger partial charge in [-0.25, -0.2) is 9.97 Å². The van der Waals surface area contributed by atoms with Crippen molar-refractivity contribution in [2.75, 3.05) is 18.8 Å². The molecule has 5 nitrogen and oxygen atoms in total. The van der Waals surface area contributed by atoms with Crippen molar-refractivity contribution in [2.24, 2.45) is 11.8 Å². The Bertz CT molecular complexity index is 643. The van der Waals surface area contributed by atoms with Gasteiger partial charge in [0.05, 0.1) is 18.0 Å². The number of nitrogens with zero attached hydrogens (tertiary/aromatic N) is 3. The molecule has 0 amide bonds. The van der Waals surface area contributed by atoms with E-state index in [9.17, 15) is 5.11 Å². The molecule has 3 atom stereocenters. The summed E-state index contributed by atoms with van der Waals surface area (Å²) in [7, 11) is 0. The first kappa shape index (κ1) is 12.5. The quantitative estimate of drug-likeness (QED) is 0.876. The molecule has 3 heterocycles. The number of nitrogen functional groups attached to an aromatic ring is 1. The van der Waals surface area contributed by atoms with E-state index in [1.54, 1.807) is 11.3 Å². The minimum Gasteiger partial charge on any atom is -0.393 e. The predicted octanol–water partition coefficient (Wildman–Crippen LogP) is 1.48. The monoisotopic (exact) mass is 290 g/mol. The van der Waals surface area contributed by atoms with Crippen LogP contribution in [0.1, 0.15) is 18.7 Å². The Balaban J connectivity index is 1.53. The molecule has 4 rings (SSSR count). The second-order valence-corrected chi connectivity index (χ2v) is 6.82. The fraction of sp³-hybridized carbons (Fsp3) is 0.571. The number of hydrogen-bond acceptors (Lipinski definition) is 6. The Hall–Kier alpha value is -1.24. The topological polar surface area (TPSA) is 75.3 Å². The molecule has 1 saturated heterocycles. The van der Waals surface area contributed by atoms with Crippen molar-refractivity contribution in [1.29, 1.82) is 0 Å². The van der Waals surface area contributed by atoms with Gasteiger partial charge in [-0.05, 0) is 30.2 Å². The van der Waals surface area contributed by atoms with Gasteiger partial charge in [0.25, 0.3) is 0 Å². The lowest BCUT2D eigenvalue weighted by molar-refractivity contribution is 0.123. The highest BCUT2D eigenvalue weighted by molar-refractivity contribution is 7.16. The molecule has 1 aliphatic carbocycles. The Morgan fingerprint density at radius 1 is 1.35 bits per heavy atom. The number of aliphatic hydroxyl groups excluding tert-OH is 1. The summed E-state index contributed by atoms with van der Waals surface area (Å²) < 4.78 is 0. The Morgan fingerprint density at radius 3 is 3.10 bits per heavy atom. The molecular weight excluding hydrogens is 272 g/mol. The van der Waals surface area contributed by atoms with E-state index < -0.39 is 0 Å². The van der Waals surface area contributed by atoms with Crippen LogP contribution in [-0.4, -0.2) is 39.2 Å². The zero-order chi connectivity index (χ0) is 13.7. The standard InChI is InChI=1S/C14H18N4OS/c15-13-9-3-4-20-14(9)17-12(16-13)7-18-5-8-1-2-11(19)10(8)6-18/h3-4,8,10-11,19H,1-2,5-7H2,(H2,15,16,17). The fourth-order valence-corrected chi connectivity index (χ4v) is 4.44. The van der Waals surface area contributed by atoms with E-state index in [1.807, 2.05) is 11.4 Å². The summed E-state index contributed by atoms with van der Waals surface area (Å²) in [6.45, 7) is 2.74. The molecule has 0 radical (unpaired) electrons. The van der Waals surface area contributed by atoms with E-state index in [4.69, 9.17) is 5.73 Å². The van der Waals surface area contributed by atoms with E-state index >= 15 is 0 Å². The van der Waals surface area contributed by atoms with Crippen LogP contribution in [0.2, 0.25) is 0 Å². The summed E-state index contributed by atoms with van der Waals surface area (Å²) in [5.74, 6) is 2.46. The third-order valence-electron chi connectivity index (χ3n) is 4.66. The minimum atomic E-state index is -0.115. The molecule has 3 unspecified atom stereocenters. The smallest absolute Gasteiger partial charge is 0.146 e. The molecule has 0 aromatic carbocycles. The van der Waals surface area contributed by atoms with Crippen LogP contribution in [0, 0.1) is 11.8 Å². The molecule has 2 aromatic heterocycles. The lowest BCUT2D eigenvalue weighted by Gasteiger charge is -2.17. The maximum Gasteiger partial charge on any atom is 0.146 e. The molecule has 2 aromatic rings. The molecule has 0 bridgehead atoms. The van der Waals surface area contributed by atoms with E-state index in [2.05, 4.69) is 14.9 Å². The highest BCUT2D eigenvalue weighted by Gasteiger charge is 2.41. The van der Waals surface area contributed by atoms with Crippen LogP contribution in [-0.2, 0) is 6.54 Å². The largest absolute Gasteiger partial charge is 0.393 e. The number of likely N-dealkylation sites (tertiary alicyclic amines) is 1. The number of anilines is 1. The number of fused-ring (bicyclic) bond motifs is 2. The van der Waals surface area contributed by atoms with Crippen LogP contribution in [0.5, 0.6) is 0 Å². The minimum absolute atomic E-state index is 0.115. The van der Waals surface area contributed by atoms with Gasteiger partial charge in [0.15, 0.2) is 0 Å². The molecule has 106 valence electrons. The van der Waals surface area contributed by atoms with Crippen molar-refractivity contribution in [2.45, 2.75) is 25.5 Å². The molecule has 3 N–H and O–H groups in total. The Morgan fingerprint density at radius 2 is 2.25 bits per heavy atom. The molecule has 2 fully saturated rings. The van der Waals surface area contributed by atoms with Gasteiger partial charge in [-0.15, -0.1) is 11.3 Å². The third-order valence-corrected chi connectivity index (χ3v) is 5.47. The molecule has 1 saturated carbocycles. The summed E-state index contributed by atoms with van der Waals surface area (Å²) in [5.41, 5.74) is 5.99. The van der Waals surface area contributed by atoms with Gasteiger partial charge < -0.3 is 10.8 Å². The Labute approximate surface area is 121 Å². The van der Waals surface area contributed by atoms with E-state index in [-0.39, 0.29) is 6.10 Å². The van der Waals surface area contributed by atoms with Crippen molar-refractivity contribution in [3.8, 4) is 0 Å². The zero-order valence-electron chi connectivity index (χ0n) is 11.2. The zero-order valence-corrected chi connectivity index (χ0v) is 12.0. The lowest BCUT2D eigenvalue weighted by Crippen LogP contribution is -2.25. The number of aromatic nitrogens is 2. The van der Waals surface area contributed by atoms with Crippen LogP contribution < -0.4 is 5.73 Å². The van der Waals surface area contributed by atoms with Crippen LogP contribution >= 0.6 is 11.3 Å². The Kier molecular flexibility index (Phi) is 2.90. The van der Waals surface area contributed by atoms with Gasteiger partial charge in [0.2, 0.25) is 0 Å². The maximum atomic E-state index is 9.96. The average Bonchev–Trinajstić information content (AvgIpc) is 3.08. The number of thiophene rings is 1. The molecule has 0 spiro atoms. The second kappa shape index (κ2) is 4.65. The summed E-state index contributed by atoms with van der Waals surface area (Å²) in [6, 6.07) is 1.97. The van der Waals surface area contributed by atoms with Crippen molar-refractivity contribution in [1.82, 2.24) is 14.9 Å². The van der Waals surface area contributed by atoms with Gasteiger partial charge in [0.1, 0.15) is 16.5 Å². The van der Waals surface area contributed by atoms with Crippen LogP contribution in [0.15, 0.2) is 11.4 Å². The van der Waals surface area contributed by atoms with Gasteiger partial charge in [0, 0.05) is 19.0 Å². The number of hydrogen-bond donors (Lipinski definition) is 2. The van der Waals surface area contributed by atoms with Crippen molar-refractivity contribution >= 4 is 27.4 Å². The summed E-state index contributed by atoms with van der Waals surface area (Å²) in [6.07, 6.45) is 2.00. The van der Waals surface area contributed by atoms with Crippen LogP contribution in [0.25, 0.3) is 10.2 Å². The highest BCUT2D eigenvalue weighted by atomic mass is 32.1. The number of rotatable bonds is 2. The first-order chi connectivity index (χ1) is 9.70. The van der Waals surface area contributed by atoms with Crippen molar-refractivity contribution < 1.29 is 5.11 Å². The summed E-state index contributed by atoms with van der Waals surface area (Å²) in [5, 5.41) is 12.9. The average molecular weight is 290 g/mol. The van der Waals surface area contributed by atoms with Gasteiger partial charge >= 0.3 is 0 Å². The van der Waals surface area contributed by atoms with Crippen molar-refractivity contribution in [3.63, 3.8) is 0 Å². The number of aliphatic hydroxyl groups is 1. The molecule has 2 aliphatic rings. The number of nitrogens with two attached hydrogens (primary N) is 1. The molecule has 1 aliphatic heterocycles. The normalized spacial score (nSPS) is 30.1. The second-order valence-electron chi connectivity index (χ2n) is 5.93. The molecular formula is C14H18N4OS. The first-order valence-electron chi connectivity index (χ1n) is 7.11. The third kappa shape index (κ3) is 1.99. The van der Waals surface area contributed by atoms with Gasteiger partial charge in [-0.2, -0.15) is 0 Å². The van der Waals surface area contributed by atoms with E-state index in [0.29, 0.717) is 17.7 Å². The fourth-order valence-electron chi connectivity index (χ4n) is 3.65. The van der Waals surface area contributed by atoms with E-state index in [0.717, 1.165) is 48.5 Å². The lowest BCUT2D eigenvalue weighted by atomic mass is 10.00. The summed E-state index contributed by atoms with van der Waals surface area (Å²) in [4.78, 5) is 12.3. The van der Waals surface area contributed by atoms with Crippen LogP contribution in [0.3, 0.4) is 0 Å². The summed E-state index contributed by atoms with van der Waals surface area (Å²) >= 11 is 1.60. The van der Waals surface area contributed by atoms with Gasteiger partial charge in [-0.3, -0.25) is 4.90 Å².